The van der Waals surface area contributed by atoms with Crippen LogP contribution in [0.2, 0.25) is 0 Å². The van der Waals surface area contributed by atoms with Gasteiger partial charge in [0.05, 0.1) is 6.20 Å². The van der Waals surface area contributed by atoms with Crippen LogP contribution in [-0.2, 0) is 14.3 Å². The second kappa shape index (κ2) is 13.7. The number of rotatable bonds is 10. The van der Waals surface area contributed by atoms with Gasteiger partial charge in [-0.1, -0.05) is 84.7 Å². The summed E-state index contributed by atoms with van der Waals surface area (Å²) in [6, 6.07) is 16.0. The number of hydrogen-bond donors (Lipinski definition) is 2. The van der Waals surface area contributed by atoms with Crippen molar-refractivity contribution in [2.45, 2.75) is 57.1 Å². The van der Waals surface area contributed by atoms with E-state index >= 15 is 0 Å². The molecule has 3 rings (SSSR count). The monoisotopic (exact) mass is 588 g/mol. The van der Waals surface area contributed by atoms with Crippen LogP contribution in [0, 0.1) is 5.92 Å². The number of alkyl carbamates (subject to hydrolysis) is 1. The molecule has 2 aromatic carbocycles. The highest BCUT2D eigenvalue weighted by Crippen LogP contribution is 2.27. The topological polar surface area (TPSA) is 114 Å². The zero-order chi connectivity index (χ0) is 29.4. The molecule has 0 saturated heterocycles. The van der Waals surface area contributed by atoms with Crippen LogP contribution in [-0.4, -0.2) is 46.1 Å². The average molecular weight is 590 g/mol. The van der Waals surface area contributed by atoms with Crippen molar-refractivity contribution in [1.82, 2.24) is 15.8 Å². The molecule has 40 heavy (non-hydrogen) atoms. The van der Waals surface area contributed by atoms with Crippen molar-refractivity contribution >= 4 is 46.8 Å². The smallest absolute Gasteiger partial charge is 0.408 e. The number of benzene rings is 2. The minimum absolute atomic E-state index is 0.0615. The molecule has 0 unspecified atom stereocenters. The summed E-state index contributed by atoms with van der Waals surface area (Å²) in [5, 5.41) is 9.41. The fourth-order valence-corrected chi connectivity index (χ4v) is 4.12. The summed E-state index contributed by atoms with van der Waals surface area (Å²) >= 11 is 12.0. The highest BCUT2D eigenvalue weighted by molar-refractivity contribution is 6.54. The first kappa shape index (κ1) is 31.0. The minimum Gasteiger partial charge on any atom is -0.444 e. The number of nitrogens with one attached hydrogen (secondary N) is 2. The van der Waals surface area contributed by atoms with Gasteiger partial charge in [-0.05, 0) is 44.4 Å². The summed E-state index contributed by atoms with van der Waals surface area (Å²) in [5.74, 6) is -0.606. The largest absolute Gasteiger partial charge is 0.444 e. The van der Waals surface area contributed by atoms with Crippen LogP contribution in [0.4, 0.5) is 10.5 Å². The molecule has 0 fully saturated rings. The van der Waals surface area contributed by atoms with Crippen LogP contribution in [0.15, 0.2) is 71.4 Å². The van der Waals surface area contributed by atoms with Crippen LogP contribution >= 0.6 is 23.2 Å². The number of nitrogens with zero attached hydrogens (tertiary/aromatic N) is 2. The van der Waals surface area contributed by atoms with E-state index in [0.717, 1.165) is 0 Å². The van der Waals surface area contributed by atoms with E-state index in [1.165, 1.54) is 11.1 Å². The molecule has 0 radical (unpaired) electrons. The van der Waals surface area contributed by atoms with E-state index in [4.69, 9.17) is 32.5 Å². The normalized spacial score (nSPS) is 13.0. The van der Waals surface area contributed by atoms with Crippen molar-refractivity contribution < 1.29 is 23.6 Å². The Bertz CT molecular complexity index is 1280. The molecule has 0 aliphatic heterocycles. The summed E-state index contributed by atoms with van der Waals surface area (Å²) in [5.41, 5.74) is 1.03. The molecule has 11 heteroatoms. The summed E-state index contributed by atoms with van der Waals surface area (Å²) in [6.45, 7) is 9.10. The highest BCUT2D eigenvalue weighted by atomic mass is 35.5. The predicted molar refractivity (Wildman–Crippen MR) is 155 cm³/mol. The second-order valence-electron chi connectivity index (χ2n) is 10.5. The van der Waals surface area contributed by atoms with E-state index in [2.05, 4.69) is 15.8 Å². The molecule has 9 nitrogen and oxygen atoms in total. The Balaban J connectivity index is 1.89. The van der Waals surface area contributed by atoms with Gasteiger partial charge in [0.1, 0.15) is 11.6 Å². The Hall–Kier alpha value is -3.56. The van der Waals surface area contributed by atoms with Gasteiger partial charge in [0, 0.05) is 29.9 Å². The zero-order valence-electron chi connectivity index (χ0n) is 23.1. The van der Waals surface area contributed by atoms with E-state index < -0.39 is 40.4 Å². The standard InChI is InChI=1S/C29H34Cl2N4O5/c1-18(2)22(33-26(36)24(19-10-7-6-8-11-19)34-28(38)39-29(3,4)5)17-35(27(37)25(30)31)21-13-9-12-20(16-21)23-14-15-32-40-23/h6-16,18,22,24-25H,17H2,1-5H3,(H,33,36)(H,34,38)/t22-,24+/m1/s1. The zero-order valence-corrected chi connectivity index (χ0v) is 24.6. The van der Waals surface area contributed by atoms with Crippen molar-refractivity contribution in [3.63, 3.8) is 0 Å². The first-order valence-electron chi connectivity index (χ1n) is 12.8. The molecule has 2 atom stereocenters. The van der Waals surface area contributed by atoms with E-state index in [1.54, 1.807) is 69.3 Å². The number of hydrogen-bond acceptors (Lipinski definition) is 6. The summed E-state index contributed by atoms with van der Waals surface area (Å²) in [6.07, 6.45) is 0.794. The lowest BCUT2D eigenvalue weighted by molar-refractivity contribution is -0.124. The number of carbonyl (C=O) groups is 3. The lowest BCUT2D eigenvalue weighted by atomic mass is 10.0. The van der Waals surface area contributed by atoms with Gasteiger partial charge in [0.25, 0.3) is 5.91 Å². The van der Waals surface area contributed by atoms with E-state index in [-0.39, 0.29) is 12.5 Å². The summed E-state index contributed by atoms with van der Waals surface area (Å²) < 4.78 is 10.6. The molecule has 1 aromatic heterocycles. The van der Waals surface area contributed by atoms with Crippen LogP contribution in [0.25, 0.3) is 11.3 Å². The Morgan fingerprint density at radius 3 is 2.27 bits per heavy atom. The molecule has 214 valence electrons. The minimum atomic E-state index is -1.33. The number of carbonyl (C=O) groups excluding carboxylic acids is 3. The Morgan fingerprint density at radius 1 is 1.00 bits per heavy atom. The molecular weight excluding hydrogens is 555 g/mol. The third-order valence-electron chi connectivity index (χ3n) is 5.90. The van der Waals surface area contributed by atoms with Crippen LogP contribution < -0.4 is 15.5 Å². The van der Waals surface area contributed by atoms with Gasteiger partial charge < -0.3 is 24.8 Å². The van der Waals surface area contributed by atoms with Crippen molar-refractivity contribution in [3.05, 3.63) is 72.4 Å². The lowest BCUT2D eigenvalue weighted by Crippen LogP contribution is -2.52. The van der Waals surface area contributed by atoms with Crippen LogP contribution in [0.1, 0.15) is 46.2 Å². The van der Waals surface area contributed by atoms with Crippen molar-refractivity contribution in [3.8, 4) is 11.3 Å². The Kier molecular flexibility index (Phi) is 10.6. The third-order valence-corrected chi connectivity index (χ3v) is 6.27. The number of anilines is 1. The van der Waals surface area contributed by atoms with Gasteiger partial charge in [0.15, 0.2) is 10.6 Å². The number of alkyl halides is 2. The van der Waals surface area contributed by atoms with Crippen molar-refractivity contribution in [1.29, 1.82) is 0 Å². The van der Waals surface area contributed by atoms with Crippen molar-refractivity contribution in [2.24, 2.45) is 5.92 Å². The number of amides is 3. The first-order valence-corrected chi connectivity index (χ1v) is 13.7. The molecule has 3 amide bonds. The van der Waals surface area contributed by atoms with E-state index in [9.17, 15) is 14.4 Å². The molecule has 0 aliphatic rings. The maximum absolute atomic E-state index is 13.6. The van der Waals surface area contributed by atoms with E-state index in [0.29, 0.717) is 22.6 Å². The lowest BCUT2D eigenvalue weighted by Gasteiger charge is -2.32. The molecular formula is C29H34Cl2N4O5. The van der Waals surface area contributed by atoms with Gasteiger partial charge in [-0.25, -0.2) is 4.79 Å². The van der Waals surface area contributed by atoms with Gasteiger partial charge >= 0.3 is 6.09 Å². The summed E-state index contributed by atoms with van der Waals surface area (Å²) in [7, 11) is 0. The quantitative estimate of drug-likeness (QED) is 0.286. The molecule has 0 saturated carbocycles. The fraction of sp³-hybridized carbons (Fsp3) is 0.379. The maximum Gasteiger partial charge on any atom is 0.408 e. The van der Waals surface area contributed by atoms with Crippen LogP contribution in [0.3, 0.4) is 0 Å². The average Bonchev–Trinajstić information content (AvgIpc) is 3.44. The SMILES string of the molecule is CC(C)[C@@H](CN(C(=O)C(Cl)Cl)c1cccc(-c2ccno2)c1)NC(=O)[C@@H](NC(=O)OC(C)(C)C)c1ccccc1. The number of aromatic nitrogens is 1. The maximum atomic E-state index is 13.6. The second-order valence-corrected chi connectivity index (χ2v) is 11.6. The first-order chi connectivity index (χ1) is 18.9. The fourth-order valence-electron chi connectivity index (χ4n) is 3.89. The molecule has 0 spiro atoms. The third kappa shape index (κ3) is 8.72. The van der Waals surface area contributed by atoms with Gasteiger partial charge in [-0.15, -0.1) is 0 Å². The van der Waals surface area contributed by atoms with Crippen molar-refractivity contribution in [2.75, 3.05) is 11.4 Å². The molecule has 1 heterocycles. The van der Waals surface area contributed by atoms with Gasteiger partial charge in [-0.2, -0.15) is 0 Å². The Morgan fingerprint density at radius 2 is 1.70 bits per heavy atom. The Labute approximate surface area is 244 Å². The molecule has 2 N–H and O–H groups in total. The summed E-state index contributed by atoms with van der Waals surface area (Å²) in [4.78, 5) is 39.5. The van der Waals surface area contributed by atoms with E-state index in [1.807, 2.05) is 26.0 Å². The molecule has 3 aromatic rings. The van der Waals surface area contributed by atoms with Gasteiger partial charge in [-0.3, -0.25) is 9.59 Å². The van der Waals surface area contributed by atoms with Crippen LogP contribution in [0.5, 0.6) is 0 Å². The number of ether oxygens (including phenoxy) is 1. The molecule has 0 aliphatic carbocycles. The molecule has 0 bridgehead atoms. The highest BCUT2D eigenvalue weighted by Gasteiger charge is 2.31. The van der Waals surface area contributed by atoms with Gasteiger partial charge in [0.2, 0.25) is 5.91 Å². The predicted octanol–water partition coefficient (Wildman–Crippen LogP) is 5.89. The number of halogens is 2.